The van der Waals surface area contributed by atoms with Gasteiger partial charge in [0.15, 0.2) is 0 Å². The van der Waals surface area contributed by atoms with E-state index >= 15 is 0 Å². The molecule has 0 bridgehead atoms. The van der Waals surface area contributed by atoms with Crippen LogP contribution >= 0.6 is 22.9 Å². The number of hydrogen-bond donors (Lipinski definition) is 2. The minimum absolute atomic E-state index is 0.0598. The molecule has 1 aliphatic rings. The summed E-state index contributed by atoms with van der Waals surface area (Å²) < 4.78 is 0. The van der Waals surface area contributed by atoms with E-state index in [2.05, 4.69) is 10.3 Å². The zero-order valence-electron chi connectivity index (χ0n) is 12.3. The van der Waals surface area contributed by atoms with Gasteiger partial charge in [0.2, 0.25) is 0 Å². The summed E-state index contributed by atoms with van der Waals surface area (Å²) >= 11 is 7.39. The number of aryl methyl sites for hydroxylation is 1. The van der Waals surface area contributed by atoms with E-state index < -0.39 is 0 Å². The van der Waals surface area contributed by atoms with Gasteiger partial charge in [-0.3, -0.25) is 4.79 Å². The van der Waals surface area contributed by atoms with Crippen molar-refractivity contribution < 1.29 is 4.79 Å². The molecule has 1 fully saturated rings. The molecule has 0 spiro atoms. The van der Waals surface area contributed by atoms with Gasteiger partial charge in [-0.1, -0.05) is 23.7 Å². The quantitative estimate of drug-likeness (QED) is 0.881. The second-order valence-electron chi connectivity index (χ2n) is 5.66. The second kappa shape index (κ2) is 6.36. The highest BCUT2D eigenvalue weighted by atomic mass is 35.5. The lowest BCUT2D eigenvalue weighted by Gasteiger charge is -2.10. The average molecular weight is 336 g/mol. The van der Waals surface area contributed by atoms with E-state index in [0.717, 1.165) is 16.3 Å². The van der Waals surface area contributed by atoms with Gasteiger partial charge in [0.25, 0.3) is 5.91 Å². The molecule has 1 aromatic carbocycles. The van der Waals surface area contributed by atoms with Crippen LogP contribution < -0.4 is 11.1 Å². The zero-order valence-corrected chi connectivity index (χ0v) is 13.9. The highest BCUT2D eigenvalue weighted by Crippen LogP contribution is 2.32. The lowest BCUT2D eigenvalue weighted by Crippen LogP contribution is -2.38. The van der Waals surface area contributed by atoms with Gasteiger partial charge in [-0.05, 0) is 37.8 Å². The lowest BCUT2D eigenvalue weighted by molar-refractivity contribution is 0.0953. The van der Waals surface area contributed by atoms with Crippen LogP contribution in [0, 0.1) is 12.8 Å². The molecule has 2 aromatic rings. The molecular formula is C16H18ClN3OS. The Balaban J connectivity index is 1.72. The molecule has 4 nitrogen and oxygen atoms in total. The van der Waals surface area contributed by atoms with Gasteiger partial charge >= 0.3 is 0 Å². The van der Waals surface area contributed by atoms with Crippen molar-refractivity contribution in [2.24, 2.45) is 11.7 Å². The summed E-state index contributed by atoms with van der Waals surface area (Å²) in [4.78, 5) is 17.4. The maximum absolute atomic E-state index is 12.3. The summed E-state index contributed by atoms with van der Waals surface area (Å²) in [6.07, 6.45) is 2.35. The predicted octanol–water partition coefficient (Wildman–Crippen LogP) is 3.24. The number of nitrogens with zero attached hydrogens (tertiary/aromatic N) is 1. The molecule has 6 heteroatoms. The molecule has 116 valence electrons. The Bertz CT molecular complexity index is 696. The van der Waals surface area contributed by atoms with Crippen molar-refractivity contribution in [2.45, 2.75) is 25.8 Å². The van der Waals surface area contributed by atoms with Crippen LogP contribution in [0.4, 0.5) is 0 Å². The van der Waals surface area contributed by atoms with E-state index in [1.807, 2.05) is 31.2 Å². The van der Waals surface area contributed by atoms with Gasteiger partial charge in [0, 0.05) is 23.2 Å². The third-order valence-electron chi connectivity index (χ3n) is 3.80. The topological polar surface area (TPSA) is 68.0 Å². The molecule has 1 unspecified atom stereocenters. The van der Waals surface area contributed by atoms with Gasteiger partial charge in [-0.15, -0.1) is 11.3 Å². The maximum atomic E-state index is 12.3. The number of halogens is 1. The first-order valence-corrected chi connectivity index (χ1v) is 8.51. The van der Waals surface area contributed by atoms with Crippen molar-refractivity contribution in [1.82, 2.24) is 10.3 Å². The van der Waals surface area contributed by atoms with Gasteiger partial charge < -0.3 is 11.1 Å². The van der Waals surface area contributed by atoms with Crippen LogP contribution in [0.5, 0.6) is 0 Å². The van der Waals surface area contributed by atoms with Gasteiger partial charge in [0.05, 0.1) is 5.69 Å². The molecule has 1 heterocycles. The zero-order chi connectivity index (χ0) is 15.7. The first-order valence-electron chi connectivity index (χ1n) is 7.31. The number of rotatable bonds is 5. The third-order valence-corrected chi connectivity index (χ3v) is 5.24. The molecule has 0 aliphatic heterocycles. The standard InChI is InChI=1S/C16H18ClN3OS/c1-9-14(15(21)19-8-13(18)10-5-6-10)22-16(20-9)11-3-2-4-12(17)7-11/h2-4,7,10,13H,5-6,8,18H2,1H3,(H,19,21). The number of aromatic nitrogens is 1. The van der Waals surface area contributed by atoms with E-state index in [-0.39, 0.29) is 11.9 Å². The Morgan fingerprint density at radius 3 is 3.00 bits per heavy atom. The van der Waals surface area contributed by atoms with Crippen molar-refractivity contribution in [2.75, 3.05) is 6.54 Å². The Morgan fingerprint density at radius 1 is 1.55 bits per heavy atom. The molecule has 0 radical (unpaired) electrons. The SMILES string of the molecule is Cc1nc(-c2cccc(Cl)c2)sc1C(=O)NCC(N)C1CC1. The highest BCUT2D eigenvalue weighted by molar-refractivity contribution is 7.17. The van der Waals surface area contributed by atoms with Crippen LogP contribution in [0.2, 0.25) is 5.02 Å². The predicted molar refractivity (Wildman–Crippen MR) is 90.3 cm³/mol. The van der Waals surface area contributed by atoms with E-state index in [1.54, 1.807) is 0 Å². The minimum atomic E-state index is -0.0978. The van der Waals surface area contributed by atoms with Crippen LogP contribution in [-0.4, -0.2) is 23.5 Å². The van der Waals surface area contributed by atoms with Gasteiger partial charge in [-0.2, -0.15) is 0 Å². The van der Waals surface area contributed by atoms with Crippen LogP contribution in [0.15, 0.2) is 24.3 Å². The normalized spacial score (nSPS) is 15.6. The molecule has 1 atom stereocenters. The molecule has 0 saturated heterocycles. The first kappa shape index (κ1) is 15.5. The number of benzene rings is 1. The van der Waals surface area contributed by atoms with Crippen molar-refractivity contribution >= 4 is 28.8 Å². The van der Waals surface area contributed by atoms with E-state index in [0.29, 0.717) is 22.4 Å². The first-order chi connectivity index (χ1) is 10.5. The largest absolute Gasteiger partial charge is 0.350 e. The summed E-state index contributed by atoms with van der Waals surface area (Å²) in [6, 6.07) is 7.55. The number of amides is 1. The summed E-state index contributed by atoms with van der Waals surface area (Å²) in [5.74, 6) is 0.476. The Labute approximate surface area is 138 Å². The minimum Gasteiger partial charge on any atom is -0.350 e. The van der Waals surface area contributed by atoms with Gasteiger partial charge in [0.1, 0.15) is 9.88 Å². The smallest absolute Gasteiger partial charge is 0.263 e. The third kappa shape index (κ3) is 3.48. The highest BCUT2D eigenvalue weighted by Gasteiger charge is 2.28. The fourth-order valence-corrected chi connectivity index (χ4v) is 3.50. The number of carbonyl (C=O) groups excluding carboxylic acids is 1. The number of carbonyl (C=O) groups is 1. The molecule has 1 aliphatic carbocycles. The summed E-state index contributed by atoms with van der Waals surface area (Å²) in [7, 11) is 0. The lowest BCUT2D eigenvalue weighted by atomic mass is 10.2. The average Bonchev–Trinajstić information content (AvgIpc) is 3.27. The Hall–Kier alpha value is -1.43. The fraction of sp³-hybridized carbons (Fsp3) is 0.375. The number of nitrogens with one attached hydrogen (secondary N) is 1. The van der Waals surface area contributed by atoms with Crippen LogP contribution in [0.1, 0.15) is 28.2 Å². The van der Waals surface area contributed by atoms with Crippen LogP contribution in [0.25, 0.3) is 10.6 Å². The molecule has 3 N–H and O–H groups in total. The summed E-state index contributed by atoms with van der Waals surface area (Å²) in [6.45, 7) is 2.37. The molecule has 1 amide bonds. The van der Waals surface area contributed by atoms with Crippen molar-refractivity contribution in [1.29, 1.82) is 0 Å². The molecule has 1 saturated carbocycles. The maximum Gasteiger partial charge on any atom is 0.263 e. The molecule has 3 rings (SSSR count). The second-order valence-corrected chi connectivity index (χ2v) is 7.09. The van der Waals surface area contributed by atoms with Crippen molar-refractivity contribution in [3.8, 4) is 10.6 Å². The number of thiazole rings is 1. The Morgan fingerprint density at radius 2 is 2.32 bits per heavy atom. The monoisotopic (exact) mass is 335 g/mol. The van der Waals surface area contributed by atoms with E-state index in [4.69, 9.17) is 17.3 Å². The van der Waals surface area contributed by atoms with Gasteiger partial charge in [-0.25, -0.2) is 4.98 Å². The number of nitrogens with two attached hydrogens (primary N) is 1. The molecular weight excluding hydrogens is 318 g/mol. The summed E-state index contributed by atoms with van der Waals surface area (Å²) in [5, 5.41) is 4.38. The summed E-state index contributed by atoms with van der Waals surface area (Å²) in [5.41, 5.74) is 7.67. The fourth-order valence-electron chi connectivity index (χ4n) is 2.33. The molecule has 1 aromatic heterocycles. The van der Waals surface area contributed by atoms with Crippen LogP contribution in [0.3, 0.4) is 0 Å². The van der Waals surface area contributed by atoms with Crippen molar-refractivity contribution in [3.05, 3.63) is 39.9 Å². The van der Waals surface area contributed by atoms with E-state index in [1.165, 1.54) is 24.2 Å². The number of hydrogen-bond acceptors (Lipinski definition) is 4. The van der Waals surface area contributed by atoms with Crippen molar-refractivity contribution in [3.63, 3.8) is 0 Å². The molecule has 22 heavy (non-hydrogen) atoms. The van der Waals surface area contributed by atoms with Crippen LogP contribution in [-0.2, 0) is 0 Å². The Kier molecular flexibility index (Phi) is 4.47. The van der Waals surface area contributed by atoms with E-state index in [9.17, 15) is 4.79 Å².